The van der Waals surface area contributed by atoms with Crippen LogP contribution in [0.4, 0.5) is 0 Å². The van der Waals surface area contributed by atoms with Gasteiger partial charge in [0.1, 0.15) is 5.75 Å². The Labute approximate surface area is 239 Å². The van der Waals surface area contributed by atoms with Crippen molar-refractivity contribution in [1.29, 1.82) is 0 Å². The molecule has 0 fully saturated rings. The Bertz CT molecular complexity index is 1060. The lowest BCUT2D eigenvalue weighted by Crippen LogP contribution is -2.08. The Balaban J connectivity index is 1.37. The number of rotatable bonds is 20. The van der Waals surface area contributed by atoms with Crippen molar-refractivity contribution in [2.45, 2.75) is 115 Å². The predicted molar refractivity (Wildman–Crippen MR) is 162 cm³/mol. The van der Waals surface area contributed by atoms with E-state index < -0.39 is 0 Å². The molecule has 0 unspecified atom stereocenters. The highest BCUT2D eigenvalue weighted by atomic mass is 32.2. The molecule has 0 spiro atoms. The van der Waals surface area contributed by atoms with Crippen LogP contribution in [0.3, 0.4) is 0 Å². The molecule has 2 aromatic carbocycles. The Morgan fingerprint density at radius 1 is 0.718 bits per heavy atom. The minimum absolute atomic E-state index is 0.354. The van der Waals surface area contributed by atoms with E-state index in [1.165, 1.54) is 89.0 Å². The number of ether oxygens (including phenoxy) is 1. The summed E-state index contributed by atoms with van der Waals surface area (Å²) >= 11 is 1.61. The van der Waals surface area contributed by atoms with Crippen LogP contribution in [-0.4, -0.2) is 21.9 Å². The number of unbranched alkanes of at least 4 members (excludes halogenated alkanes) is 12. The molecule has 0 aliphatic carbocycles. The van der Waals surface area contributed by atoms with Gasteiger partial charge in [-0.05, 0) is 61.2 Å². The molecule has 39 heavy (non-hydrogen) atoms. The summed E-state index contributed by atoms with van der Waals surface area (Å²) in [4.78, 5) is 12.6. The van der Waals surface area contributed by atoms with E-state index in [2.05, 4.69) is 24.0 Å². The average molecular weight is 551 g/mol. The maximum Gasteiger partial charge on any atom is 0.343 e. The van der Waals surface area contributed by atoms with Gasteiger partial charge in [-0.1, -0.05) is 115 Å². The van der Waals surface area contributed by atoms with Gasteiger partial charge in [0.25, 0.3) is 5.22 Å². The molecule has 0 aliphatic rings. The number of benzene rings is 2. The van der Waals surface area contributed by atoms with E-state index in [9.17, 15) is 4.79 Å². The van der Waals surface area contributed by atoms with Gasteiger partial charge in [-0.3, -0.25) is 0 Å². The number of hydrogen-bond acceptors (Lipinski definition) is 6. The van der Waals surface area contributed by atoms with Crippen molar-refractivity contribution >= 4 is 17.7 Å². The largest absolute Gasteiger partial charge is 0.423 e. The fraction of sp³-hybridized carbons (Fsp3) is 0.545. The van der Waals surface area contributed by atoms with Crippen LogP contribution in [0.2, 0.25) is 0 Å². The van der Waals surface area contributed by atoms with Crippen LogP contribution in [0.25, 0.3) is 11.5 Å². The van der Waals surface area contributed by atoms with Crippen LogP contribution >= 0.6 is 11.8 Å². The number of aromatic nitrogens is 2. The molecule has 0 amide bonds. The summed E-state index contributed by atoms with van der Waals surface area (Å²) in [7, 11) is 0. The summed E-state index contributed by atoms with van der Waals surface area (Å²) in [5, 5.41) is 8.93. The second-order valence-corrected chi connectivity index (χ2v) is 11.4. The molecule has 3 rings (SSSR count). The molecule has 212 valence electrons. The van der Waals surface area contributed by atoms with Crippen molar-refractivity contribution in [3.05, 3.63) is 59.7 Å². The normalized spacial score (nSPS) is 11.1. The minimum Gasteiger partial charge on any atom is -0.423 e. The topological polar surface area (TPSA) is 65.2 Å². The van der Waals surface area contributed by atoms with Gasteiger partial charge < -0.3 is 9.15 Å². The number of aryl methyl sites for hydroxylation is 1. The molecule has 0 saturated heterocycles. The number of carbonyl (C=O) groups is 1. The Hall–Kier alpha value is -2.60. The van der Waals surface area contributed by atoms with E-state index in [0.717, 1.165) is 24.2 Å². The predicted octanol–water partition coefficient (Wildman–Crippen LogP) is 10.1. The van der Waals surface area contributed by atoms with Crippen molar-refractivity contribution in [2.24, 2.45) is 0 Å². The lowest BCUT2D eigenvalue weighted by molar-refractivity contribution is 0.0734. The van der Waals surface area contributed by atoms with Crippen LogP contribution in [0.1, 0.15) is 120 Å². The molecule has 1 aromatic heterocycles. The standard InChI is InChI=1S/C33H46N2O3S/c1-3-5-7-9-11-12-13-15-17-27-18-20-29(21-19-27)32(36)37-30-24-22-28(23-25-30)31-34-35-33(38-31)39-26-16-14-10-8-6-4-2/h18-25H,3-17,26H2,1-2H3. The van der Waals surface area contributed by atoms with Gasteiger partial charge in [0.2, 0.25) is 5.89 Å². The Morgan fingerprint density at radius 3 is 1.95 bits per heavy atom. The zero-order chi connectivity index (χ0) is 27.5. The number of esters is 1. The van der Waals surface area contributed by atoms with Crippen LogP contribution in [0, 0.1) is 0 Å². The molecule has 3 aromatic rings. The molecule has 6 heteroatoms. The van der Waals surface area contributed by atoms with E-state index in [0.29, 0.717) is 22.4 Å². The molecule has 0 saturated carbocycles. The fourth-order valence-corrected chi connectivity index (χ4v) is 5.29. The molecule has 1 heterocycles. The van der Waals surface area contributed by atoms with E-state index in [-0.39, 0.29) is 5.97 Å². The molecule has 0 bridgehead atoms. The second kappa shape index (κ2) is 18.6. The zero-order valence-electron chi connectivity index (χ0n) is 24.0. The maximum absolute atomic E-state index is 12.6. The first-order valence-electron chi connectivity index (χ1n) is 15.1. The number of thioether (sulfide) groups is 1. The van der Waals surface area contributed by atoms with E-state index in [1.807, 2.05) is 36.4 Å². The summed E-state index contributed by atoms with van der Waals surface area (Å²) in [6.07, 6.45) is 19.2. The third kappa shape index (κ3) is 12.0. The van der Waals surface area contributed by atoms with Crippen molar-refractivity contribution in [1.82, 2.24) is 10.2 Å². The monoisotopic (exact) mass is 550 g/mol. The molecule has 5 nitrogen and oxygen atoms in total. The van der Waals surface area contributed by atoms with Gasteiger partial charge in [0.15, 0.2) is 0 Å². The number of carbonyl (C=O) groups excluding carboxylic acids is 1. The molecule has 0 N–H and O–H groups in total. The number of nitrogens with zero attached hydrogens (tertiary/aromatic N) is 2. The van der Waals surface area contributed by atoms with E-state index >= 15 is 0 Å². The lowest BCUT2D eigenvalue weighted by atomic mass is 10.0. The zero-order valence-corrected chi connectivity index (χ0v) is 24.8. The second-order valence-electron chi connectivity index (χ2n) is 10.3. The summed E-state index contributed by atoms with van der Waals surface area (Å²) in [5.41, 5.74) is 2.63. The molecular weight excluding hydrogens is 504 g/mol. The summed E-state index contributed by atoms with van der Waals surface area (Å²) in [6.45, 7) is 4.49. The van der Waals surface area contributed by atoms with Crippen LogP contribution in [-0.2, 0) is 6.42 Å². The summed E-state index contributed by atoms with van der Waals surface area (Å²) in [5.74, 6) is 1.60. The lowest BCUT2D eigenvalue weighted by Gasteiger charge is -2.06. The van der Waals surface area contributed by atoms with Gasteiger partial charge in [-0.2, -0.15) is 0 Å². The molecule has 0 radical (unpaired) electrons. The highest BCUT2D eigenvalue weighted by molar-refractivity contribution is 7.99. The van der Waals surface area contributed by atoms with Gasteiger partial charge in [0.05, 0.1) is 5.56 Å². The van der Waals surface area contributed by atoms with Crippen LogP contribution in [0.5, 0.6) is 5.75 Å². The first kappa shape index (κ1) is 30.9. The Morgan fingerprint density at radius 2 is 1.31 bits per heavy atom. The minimum atomic E-state index is -0.354. The summed E-state index contributed by atoms with van der Waals surface area (Å²) in [6, 6.07) is 15.0. The Kier molecular flexibility index (Phi) is 14.8. The number of hydrogen-bond donors (Lipinski definition) is 0. The fourth-order valence-electron chi connectivity index (χ4n) is 4.53. The van der Waals surface area contributed by atoms with Gasteiger partial charge in [-0.25, -0.2) is 4.79 Å². The van der Waals surface area contributed by atoms with Gasteiger partial charge >= 0.3 is 5.97 Å². The van der Waals surface area contributed by atoms with Crippen LogP contribution in [0.15, 0.2) is 58.2 Å². The highest BCUT2D eigenvalue weighted by Gasteiger charge is 2.12. The van der Waals surface area contributed by atoms with Gasteiger partial charge in [-0.15, -0.1) is 10.2 Å². The van der Waals surface area contributed by atoms with Crippen LogP contribution < -0.4 is 4.74 Å². The first-order chi connectivity index (χ1) is 19.2. The quantitative estimate of drug-likeness (QED) is 0.0603. The third-order valence-corrected chi connectivity index (χ3v) is 7.86. The van der Waals surface area contributed by atoms with E-state index in [1.54, 1.807) is 23.9 Å². The summed E-state index contributed by atoms with van der Waals surface area (Å²) < 4.78 is 11.4. The highest BCUT2D eigenvalue weighted by Crippen LogP contribution is 2.26. The van der Waals surface area contributed by atoms with Crippen molar-refractivity contribution in [3.63, 3.8) is 0 Å². The average Bonchev–Trinajstić information content (AvgIpc) is 3.43. The maximum atomic E-state index is 12.6. The first-order valence-corrected chi connectivity index (χ1v) is 16.1. The van der Waals surface area contributed by atoms with Crippen molar-refractivity contribution < 1.29 is 13.9 Å². The van der Waals surface area contributed by atoms with Crippen molar-refractivity contribution in [2.75, 3.05) is 5.75 Å². The molecular formula is C33H46N2O3S. The van der Waals surface area contributed by atoms with Gasteiger partial charge in [0, 0.05) is 11.3 Å². The SMILES string of the molecule is CCCCCCCCCCc1ccc(C(=O)Oc2ccc(-c3nnc(SCCCCCCCC)o3)cc2)cc1. The van der Waals surface area contributed by atoms with Crippen molar-refractivity contribution in [3.8, 4) is 17.2 Å². The third-order valence-electron chi connectivity index (χ3n) is 6.95. The smallest absolute Gasteiger partial charge is 0.343 e. The molecule has 0 atom stereocenters. The molecule has 0 aliphatic heterocycles. The van der Waals surface area contributed by atoms with E-state index in [4.69, 9.17) is 9.15 Å².